The predicted octanol–water partition coefficient (Wildman–Crippen LogP) is 1.04. The van der Waals surface area contributed by atoms with Gasteiger partial charge in [0.25, 0.3) is 0 Å². The molecule has 1 saturated heterocycles. The molecule has 0 spiro atoms. The number of Topliss-reactive ketones (excluding diaryl/α,β-unsaturated/α-hetero) is 1. The lowest BCUT2D eigenvalue weighted by Gasteiger charge is -2.13. The Bertz CT molecular complexity index is 406. The molecule has 2 rings (SSSR count). The molecule has 5 heteroatoms. The summed E-state index contributed by atoms with van der Waals surface area (Å²) in [5.74, 6) is 0.0253. The van der Waals surface area contributed by atoms with Gasteiger partial charge in [-0.2, -0.15) is 0 Å². The lowest BCUT2D eigenvalue weighted by atomic mass is 10.3. The molecular formula is C9H7ClN2O2. The lowest BCUT2D eigenvalue weighted by molar-refractivity contribution is -0.121. The van der Waals surface area contributed by atoms with Crippen LogP contribution < -0.4 is 4.90 Å². The van der Waals surface area contributed by atoms with E-state index in [1.807, 2.05) is 0 Å². The minimum Gasteiger partial charge on any atom is -0.297 e. The Morgan fingerprint density at radius 1 is 1.43 bits per heavy atom. The van der Waals surface area contributed by atoms with E-state index in [0.29, 0.717) is 10.8 Å². The van der Waals surface area contributed by atoms with Gasteiger partial charge in [0.05, 0.1) is 18.0 Å². The normalized spacial score (nSPS) is 16.5. The van der Waals surface area contributed by atoms with E-state index in [0.717, 1.165) is 0 Å². The Labute approximate surface area is 85.5 Å². The summed E-state index contributed by atoms with van der Waals surface area (Å²) in [7, 11) is 0. The number of hydrogen-bond acceptors (Lipinski definition) is 3. The SMILES string of the molecule is O=C1CC(=O)N(c2ncccc2Cl)C1. The van der Waals surface area contributed by atoms with Crippen LogP contribution >= 0.6 is 11.6 Å². The number of carbonyl (C=O) groups is 2. The molecule has 0 aliphatic carbocycles. The van der Waals surface area contributed by atoms with Crippen LogP contribution in [0.2, 0.25) is 5.02 Å². The standard InChI is InChI=1S/C9H7ClN2O2/c10-7-2-1-3-11-9(7)12-5-6(13)4-8(12)14/h1-3H,4-5H2. The molecule has 14 heavy (non-hydrogen) atoms. The van der Waals surface area contributed by atoms with Crippen molar-refractivity contribution in [3.8, 4) is 0 Å². The fourth-order valence-electron chi connectivity index (χ4n) is 1.35. The second-order valence-electron chi connectivity index (χ2n) is 3.00. The Morgan fingerprint density at radius 2 is 2.21 bits per heavy atom. The number of amides is 1. The summed E-state index contributed by atoms with van der Waals surface area (Å²) in [6.45, 7) is 0.0789. The zero-order valence-electron chi connectivity index (χ0n) is 7.24. The van der Waals surface area contributed by atoms with Crippen LogP contribution in [0.15, 0.2) is 18.3 Å². The number of rotatable bonds is 1. The van der Waals surface area contributed by atoms with Crippen molar-refractivity contribution in [2.75, 3.05) is 11.4 Å². The molecule has 0 N–H and O–H groups in total. The molecule has 1 amide bonds. The predicted molar refractivity (Wildman–Crippen MR) is 51.2 cm³/mol. The monoisotopic (exact) mass is 210 g/mol. The minimum absolute atomic E-state index is 0.0487. The van der Waals surface area contributed by atoms with Gasteiger partial charge in [0, 0.05) is 6.20 Å². The van der Waals surface area contributed by atoms with Gasteiger partial charge in [-0.3, -0.25) is 14.5 Å². The van der Waals surface area contributed by atoms with Crippen molar-refractivity contribution < 1.29 is 9.59 Å². The fourth-order valence-corrected chi connectivity index (χ4v) is 1.58. The molecule has 0 unspecified atom stereocenters. The molecule has 1 fully saturated rings. The van der Waals surface area contributed by atoms with Crippen molar-refractivity contribution in [1.82, 2.24) is 4.98 Å². The highest BCUT2D eigenvalue weighted by molar-refractivity contribution is 6.34. The number of aromatic nitrogens is 1. The van der Waals surface area contributed by atoms with E-state index in [9.17, 15) is 9.59 Å². The minimum atomic E-state index is -0.240. The van der Waals surface area contributed by atoms with E-state index in [4.69, 9.17) is 11.6 Å². The largest absolute Gasteiger partial charge is 0.297 e. The third kappa shape index (κ3) is 1.48. The van der Waals surface area contributed by atoms with E-state index in [2.05, 4.69) is 4.98 Å². The first-order chi connectivity index (χ1) is 6.68. The van der Waals surface area contributed by atoms with Gasteiger partial charge in [-0.1, -0.05) is 11.6 Å². The molecular weight excluding hydrogens is 204 g/mol. The first-order valence-corrected chi connectivity index (χ1v) is 4.49. The third-order valence-electron chi connectivity index (χ3n) is 1.98. The highest BCUT2D eigenvalue weighted by atomic mass is 35.5. The van der Waals surface area contributed by atoms with Crippen LogP contribution in [0.25, 0.3) is 0 Å². The van der Waals surface area contributed by atoms with Gasteiger partial charge in [0.15, 0.2) is 11.6 Å². The molecule has 1 aromatic rings. The van der Waals surface area contributed by atoms with Gasteiger partial charge in [-0.15, -0.1) is 0 Å². The number of halogens is 1. The maximum absolute atomic E-state index is 11.3. The first kappa shape index (κ1) is 9.15. The first-order valence-electron chi connectivity index (χ1n) is 4.11. The molecule has 0 aromatic carbocycles. The van der Waals surface area contributed by atoms with Crippen LogP contribution in [0, 0.1) is 0 Å². The molecule has 0 saturated carbocycles. The summed E-state index contributed by atoms with van der Waals surface area (Å²) in [6.07, 6.45) is 1.49. The smallest absolute Gasteiger partial charge is 0.236 e. The molecule has 0 atom stereocenters. The van der Waals surface area contributed by atoms with Gasteiger partial charge >= 0.3 is 0 Å². The summed E-state index contributed by atoms with van der Waals surface area (Å²) in [4.78, 5) is 27.6. The molecule has 1 aromatic heterocycles. The Kier molecular flexibility index (Phi) is 2.21. The molecule has 4 nitrogen and oxygen atoms in total. The molecule has 0 radical (unpaired) electrons. The zero-order valence-corrected chi connectivity index (χ0v) is 7.99. The number of anilines is 1. The molecule has 2 heterocycles. The Morgan fingerprint density at radius 3 is 2.79 bits per heavy atom. The average Bonchev–Trinajstić information content (AvgIpc) is 2.46. The summed E-state index contributed by atoms with van der Waals surface area (Å²) in [6, 6.07) is 3.31. The molecule has 72 valence electrons. The van der Waals surface area contributed by atoms with Crippen molar-refractivity contribution in [3.05, 3.63) is 23.4 Å². The van der Waals surface area contributed by atoms with E-state index < -0.39 is 0 Å². The Balaban J connectivity index is 2.36. The van der Waals surface area contributed by atoms with Crippen LogP contribution in [0.5, 0.6) is 0 Å². The quantitative estimate of drug-likeness (QED) is 0.651. The van der Waals surface area contributed by atoms with E-state index in [-0.39, 0.29) is 24.7 Å². The fraction of sp³-hybridized carbons (Fsp3) is 0.222. The second-order valence-corrected chi connectivity index (χ2v) is 3.41. The van der Waals surface area contributed by atoms with Crippen molar-refractivity contribution in [2.24, 2.45) is 0 Å². The summed E-state index contributed by atoms with van der Waals surface area (Å²) >= 11 is 5.85. The number of pyridine rings is 1. The zero-order chi connectivity index (χ0) is 10.1. The van der Waals surface area contributed by atoms with Crippen LogP contribution in [-0.4, -0.2) is 23.2 Å². The maximum atomic E-state index is 11.3. The van der Waals surface area contributed by atoms with Crippen molar-refractivity contribution in [1.29, 1.82) is 0 Å². The molecule has 0 bridgehead atoms. The van der Waals surface area contributed by atoms with Gasteiger partial charge < -0.3 is 0 Å². The Hall–Kier alpha value is -1.42. The number of hydrogen-bond donors (Lipinski definition) is 0. The highest BCUT2D eigenvalue weighted by Gasteiger charge is 2.30. The van der Waals surface area contributed by atoms with Crippen LogP contribution in [-0.2, 0) is 9.59 Å². The third-order valence-corrected chi connectivity index (χ3v) is 2.27. The van der Waals surface area contributed by atoms with Crippen LogP contribution in [0.1, 0.15) is 6.42 Å². The summed E-state index contributed by atoms with van der Waals surface area (Å²) in [5.41, 5.74) is 0. The number of carbonyl (C=O) groups excluding carboxylic acids is 2. The van der Waals surface area contributed by atoms with Crippen LogP contribution in [0.3, 0.4) is 0 Å². The van der Waals surface area contributed by atoms with E-state index >= 15 is 0 Å². The number of nitrogens with zero attached hydrogens (tertiary/aromatic N) is 2. The van der Waals surface area contributed by atoms with E-state index in [1.165, 1.54) is 11.1 Å². The van der Waals surface area contributed by atoms with E-state index in [1.54, 1.807) is 12.1 Å². The molecule has 1 aliphatic rings. The second kappa shape index (κ2) is 3.38. The van der Waals surface area contributed by atoms with Gasteiger partial charge in [-0.05, 0) is 12.1 Å². The van der Waals surface area contributed by atoms with Crippen molar-refractivity contribution in [2.45, 2.75) is 6.42 Å². The number of ketones is 1. The van der Waals surface area contributed by atoms with Crippen molar-refractivity contribution >= 4 is 29.1 Å². The van der Waals surface area contributed by atoms with Gasteiger partial charge in [-0.25, -0.2) is 4.98 Å². The van der Waals surface area contributed by atoms with Crippen molar-refractivity contribution in [3.63, 3.8) is 0 Å². The van der Waals surface area contributed by atoms with Crippen LogP contribution in [0.4, 0.5) is 5.82 Å². The van der Waals surface area contributed by atoms with Gasteiger partial charge in [0.1, 0.15) is 0 Å². The average molecular weight is 211 g/mol. The molecule has 1 aliphatic heterocycles. The summed E-state index contributed by atoms with van der Waals surface area (Å²) in [5, 5.41) is 0.385. The lowest BCUT2D eigenvalue weighted by Crippen LogP contribution is -2.25. The topological polar surface area (TPSA) is 50.3 Å². The highest BCUT2D eigenvalue weighted by Crippen LogP contribution is 2.25. The maximum Gasteiger partial charge on any atom is 0.236 e. The van der Waals surface area contributed by atoms with Gasteiger partial charge in [0.2, 0.25) is 5.91 Å². The summed E-state index contributed by atoms with van der Waals surface area (Å²) < 4.78 is 0.